The molecule has 0 fully saturated rings. The fourth-order valence-corrected chi connectivity index (χ4v) is 2.40. The fraction of sp³-hybridized carbons (Fsp3) is 1.00. The molecular weight excluding hydrogens is 212 g/mol. The first-order valence-corrected chi connectivity index (χ1v) is 8.57. The van der Waals surface area contributed by atoms with Crippen LogP contribution in [-0.4, -0.2) is 14.6 Å². The Kier molecular flexibility index (Phi) is 10.5. The molecule has 16 heavy (non-hydrogen) atoms. The van der Waals surface area contributed by atoms with Gasteiger partial charge in [-0.15, -0.1) is 0 Å². The third-order valence-electron chi connectivity index (χ3n) is 3.39. The highest BCUT2D eigenvalue weighted by Crippen LogP contribution is 2.29. The average Bonchev–Trinajstić information content (AvgIpc) is 2.27. The average molecular weight is 244 g/mol. The summed E-state index contributed by atoms with van der Waals surface area (Å²) >= 11 is 0. The molecule has 0 atom stereocenters. The smallest absolute Gasteiger partial charge is 0.162 e. The molecule has 98 valence electrons. The normalized spacial score (nSPS) is 12.8. The van der Waals surface area contributed by atoms with Crippen LogP contribution in [0.1, 0.15) is 85.0 Å². The van der Waals surface area contributed by atoms with Crippen LogP contribution in [0.5, 0.6) is 0 Å². The van der Waals surface area contributed by atoms with Crippen molar-refractivity contribution in [2.24, 2.45) is 0 Å². The first-order chi connectivity index (χ1) is 7.62. The summed E-state index contributed by atoms with van der Waals surface area (Å²) < 4.78 is 0. The molecule has 0 saturated heterocycles. The maximum absolute atomic E-state index is 9.26. The number of rotatable bonds is 11. The standard InChI is InChI=1S/C14H32OSi/c1-4-5-6-7-8-9-10-11-12-13-14(2,3)16-15/h15H,4-13,16H2,1-3H3. The lowest BCUT2D eigenvalue weighted by molar-refractivity contribution is 0.471. The van der Waals surface area contributed by atoms with Crippen molar-refractivity contribution >= 4 is 9.76 Å². The summed E-state index contributed by atoms with van der Waals surface area (Å²) in [7, 11) is -0.812. The molecule has 0 aromatic rings. The molecule has 1 nitrogen and oxygen atoms in total. The van der Waals surface area contributed by atoms with E-state index in [1.54, 1.807) is 0 Å². The Hall–Kier alpha value is 0.177. The zero-order valence-corrected chi connectivity index (χ0v) is 13.1. The Balaban J connectivity index is 3.10. The second-order valence-corrected chi connectivity index (χ2v) is 8.13. The van der Waals surface area contributed by atoms with Gasteiger partial charge in [-0.2, -0.15) is 0 Å². The van der Waals surface area contributed by atoms with E-state index in [4.69, 9.17) is 0 Å². The minimum Gasteiger partial charge on any atom is -0.438 e. The van der Waals surface area contributed by atoms with Crippen molar-refractivity contribution in [1.29, 1.82) is 0 Å². The van der Waals surface area contributed by atoms with Gasteiger partial charge in [0.1, 0.15) is 0 Å². The van der Waals surface area contributed by atoms with Crippen molar-refractivity contribution < 1.29 is 4.80 Å². The zero-order chi connectivity index (χ0) is 12.3. The second kappa shape index (κ2) is 10.3. The number of hydrogen-bond donors (Lipinski definition) is 1. The Morgan fingerprint density at radius 1 is 0.812 bits per heavy atom. The molecule has 0 rings (SSSR count). The predicted octanol–water partition coefficient (Wildman–Crippen LogP) is 4.18. The van der Waals surface area contributed by atoms with Crippen LogP contribution in [0, 0.1) is 0 Å². The monoisotopic (exact) mass is 244 g/mol. The summed E-state index contributed by atoms with van der Waals surface area (Å²) in [6.45, 7) is 6.69. The quantitative estimate of drug-likeness (QED) is 0.427. The topological polar surface area (TPSA) is 20.2 Å². The largest absolute Gasteiger partial charge is 0.438 e. The van der Waals surface area contributed by atoms with Crippen LogP contribution < -0.4 is 0 Å². The Morgan fingerprint density at radius 2 is 1.25 bits per heavy atom. The molecule has 0 radical (unpaired) electrons. The van der Waals surface area contributed by atoms with Gasteiger partial charge >= 0.3 is 0 Å². The summed E-state index contributed by atoms with van der Waals surface area (Å²) in [5.41, 5.74) is 0. The fourth-order valence-electron chi connectivity index (χ4n) is 1.99. The number of unbranched alkanes of at least 4 members (excludes halogenated alkanes) is 8. The maximum Gasteiger partial charge on any atom is 0.162 e. The van der Waals surface area contributed by atoms with Crippen molar-refractivity contribution in [3.8, 4) is 0 Å². The van der Waals surface area contributed by atoms with E-state index < -0.39 is 9.76 Å². The van der Waals surface area contributed by atoms with E-state index in [1.165, 1.54) is 64.2 Å². The van der Waals surface area contributed by atoms with Crippen LogP contribution in [0.4, 0.5) is 0 Å². The minimum absolute atomic E-state index is 0.279. The van der Waals surface area contributed by atoms with Gasteiger partial charge in [-0.05, 0) is 11.5 Å². The van der Waals surface area contributed by atoms with Gasteiger partial charge in [-0.25, -0.2) is 0 Å². The lowest BCUT2D eigenvalue weighted by Crippen LogP contribution is -2.11. The van der Waals surface area contributed by atoms with Crippen LogP contribution >= 0.6 is 0 Å². The van der Waals surface area contributed by atoms with Crippen molar-refractivity contribution in [3.05, 3.63) is 0 Å². The summed E-state index contributed by atoms with van der Waals surface area (Å²) in [5, 5.41) is 0.279. The van der Waals surface area contributed by atoms with Gasteiger partial charge < -0.3 is 4.80 Å². The summed E-state index contributed by atoms with van der Waals surface area (Å²) in [5.74, 6) is 0. The highest BCUT2D eigenvalue weighted by atomic mass is 28.2. The molecule has 0 unspecified atom stereocenters. The van der Waals surface area contributed by atoms with E-state index in [9.17, 15) is 4.80 Å². The third-order valence-corrected chi connectivity index (χ3v) is 4.59. The third kappa shape index (κ3) is 10.7. The van der Waals surface area contributed by atoms with Crippen molar-refractivity contribution in [2.75, 3.05) is 0 Å². The van der Waals surface area contributed by atoms with Crippen LogP contribution in [0.3, 0.4) is 0 Å². The molecule has 1 N–H and O–H groups in total. The van der Waals surface area contributed by atoms with Crippen molar-refractivity contribution in [1.82, 2.24) is 0 Å². The molecule has 0 spiro atoms. The van der Waals surface area contributed by atoms with Gasteiger partial charge in [0.2, 0.25) is 0 Å². The molecule has 0 heterocycles. The van der Waals surface area contributed by atoms with E-state index in [2.05, 4.69) is 20.8 Å². The Labute approximate surface area is 105 Å². The molecule has 0 amide bonds. The highest BCUT2D eigenvalue weighted by molar-refractivity contribution is 6.30. The van der Waals surface area contributed by atoms with Crippen LogP contribution in [0.2, 0.25) is 5.04 Å². The Morgan fingerprint density at radius 3 is 1.69 bits per heavy atom. The van der Waals surface area contributed by atoms with Crippen LogP contribution in [0.15, 0.2) is 0 Å². The molecular formula is C14H32OSi. The first kappa shape index (κ1) is 16.2. The SMILES string of the molecule is CCCCCCCCCCCC(C)(C)[SiH2]O. The van der Waals surface area contributed by atoms with E-state index in [1.807, 2.05) is 0 Å². The van der Waals surface area contributed by atoms with Crippen molar-refractivity contribution in [2.45, 2.75) is 90.0 Å². The van der Waals surface area contributed by atoms with E-state index in [0.717, 1.165) is 0 Å². The van der Waals surface area contributed by atoms with Gasteiger partial charge in [0.05, 0.1) is 0 Å². The molecule has 0 aromatic heterocycles. The molecule has 0 aliphatic rings. The Bertz CT molecular complexity index is 146. The van der Waals surface area contributed by atoms with Crippen LogP contribution in [0.25, 0.3) is 0 Å². The van der Waals surface area contributed by atoms with E-state index in [-0.39, 0.29) is 5.04 Å². The van der Waals surface area contributed by atoms with Gasteiger partial charge in [0.25, 0.3) is 0 Å². The molecule has 0 bridgehead atoms. The first-order valence-electron chi connectivity index (χ1n) is 7.23. The number of hydrogen-bond acceptors (Lipinski definition) is 1. The molecule has 0 saturated carbocycles. The second-order valence-electron chi connectivity index (χ2n) is 5.90. The molecule has 0 aromatic carbocycles. The van der Waals surface area contributed by atoms with Crippen LogP contribution in [-0.2, 0) is 0 Å². The lowest BCUT2D eigenvalue weighted by atomic mass is 10.0. The predicted molar refractivity (Wildman–Crippen MR) is 76.6 cm³/mol. The summed E-state index contributed by atoms with van der Waals surface area (Å²) in [4.78, 5) is 9.26. The lowest BCUT2D eigenvalue weighted by Gasteiger charge is -2.20. The van der Waals surface area contributed by atoms with Crippen molar-refractivity contribution in [3.63, 3.8) is 0 Å². The molecule has 2 heteroatoms. The molecule has 0 aliphatic heterocycles. The maximum atomic E-state index is 9.26. The summed E-state index contributed by atoms with van der Waals surface area (Å²) in [6, 6.07) is 0. The highest BCUT2D eigenvalue weighted by Gasteiger charge is 2.15. The van der Waals surface area contributed by atoms with Gasteiger partial charge in [0.15, 0.2) is 9.76 Å². The van der Waals surface area contributed by atoms with Gasteiger partial charge in [-0.3, -0.25) is 0 Å². The zero-order valence-electron chi connectivity index (χ0n) is 11.7. The summed E-state index contributed by atoms with van der Waals surface area (Å²) in [6.07, 6.45) is 13.8. The molecule has 0 aliphatic carbocycles. The van der Waals surface area contributed by atoms with E-state index >= 15 is 0 Å². The van der Waals surface area contributed by atoms with E-state index in [0.29, 0.717) is 0 Å². The van der Waals surface area contributed by atoms with Gasteiger partial charge in [-0.1, -0.05) is 78.6 Å². The van der Waals surface area contributed by atoms with Gasteiger partial charge in [0, 0.05) is 0 Å². The minimum atomic E-state index is -0.812.